The van der Waals surface area contributed by atoms with Crippen LogP contribution < -0.4 is 0 Å². The fraction of sp³-hybridized carbons (Fsp3) is 0.538. The quantitative estimate of drug-likeness (QED) is 0.434. The van der Waals surface area contributed by atoms with E-state index in [9.17, 15) is 40.8 Å². The summed E-state index contributed by atoms with van der Waals surface area (Å²) in [7, 11) is 0.740. The molecule has 4 nitrogen and oxygen atoms in total. The van der Waals surface area contributed by atoms with Gasteiger partial charge in [-0.2, -0.15) is 26.3 Å². The third-order valence-corrected chi connectivity index (χ3v) is 3.60. The first kappa shape index (κ1) is 20.1. The fourth-order valence-corrected chi connectivity index (χ4v) is 2.18. The molecule has 0 aliphatic carbocycles. The van der Waals surface area contributed by atoms with Gasteiger partial charge in [0.15, 0.2) is 0 Å². The van der Waals surface area contributed by atoms with Crippen LogP contribution in [-0.2, 0) is 10.3 Å². The number of nitrogens with zero attached hydrogens (tertiary/aromatic N) is 1. The van der Waals surface area contributed by atoms with Gasteiger partial charge in [-0.1, -0.05) is 12.1 Å². The minimum absolute atomic E-state index is 0.604. The third-order valence-electron chi connectivity index (χ3n) is 3.60. The summed E-state index contributed by atoms with van der Waals surface area (Å²) in [4.78, 5) is 9.95. The molecule has 136 valence electrons. The molecule has 0 aliphatic heterocycles. The molecule has 0 N–H and O–H groups in total. The Morgan fingerprint density at radius 1 is 1.04 bits per heavy atom. The van der Waals surface area contributed by atoms with Gasteiger partial charge in [-0.3, -0.25) is 10.1 Å². The lowest BCUT2D eigenvalue weighted by molar-refractivity contribution is -0.387. The SMILES string of the molecule is COC(C)(CC(F)(C(F)(F)F)C(F)(F)F)c1ccccc1[N+](=O)[O-]. The summed E-state index contributed by atoms with van der Waals surface area (Å²) >= 11 is 0. The standard InChI is InChI=1S/C13H12F7NO3/c1-10(24-2,8-5-3-4-6-9(8)21(22)23)7-11(14,12(15,16)17)13(18,19)20/h3-6H,7H2,1-2H3. The van der Waals surface area contributed by atoms with Crippen LogP contribution >= 0.6 is 0 Å². The third kappa shape index (κ3) is 3.45. The van der Waals surface area contributed by atoms with Crippen molar-refractivity contribution >= 4 is 5.69 Å². The molecule has 0 fully saturated rings. The van der Waals surface area contributed by atoms with Crippen LogP contribution in [0.25, 0.3) is 0 Å². The molecule has 0 spiro atoms. The normalized spacial score (nSPS) is 15.9. The van der Waals surface area contributed by atoms with E-state index in [1.54, 1.807) is 0 Å². The number of benzene rings is 1. The lowest BCUT2D eigenvalue weighted by atomic mass is 9.82. The van der Waals surface area contributed by atoms with E-state index in [4.69, 9.17) is 0 Å². The molecule has 0 bridgehead atoms. The molecule has 1 aromatic carbocycles. The van der Waals surface area contributed by atoms with Gasteiger partial charge in [0.25, 0.3) is 5.69 Å². The zero-order valence-corrected chi connectivity index (χ0v) is 12.3. The number of alkyl halides is 7. The molecule has 0 radical (unpaired) electrons. The molecule has 1 rings (SSSR count). The number of nitro benzene ring substituents is 1. The van der Waals surface area contributed by atoms with Gasteiger partial charge in [-0.15, -0.1) is 0 Å². The predicted octanol–water partition coefficient (Wildman–Crippen LogP) is 4.68. The lowest BCUT2D eigenvalue weighted by Crippen LogP contribution is -2.56. The summed E-state index contributed by atoms with van der Waals surface area (Å²) in [5.41, 5.74) is -9.54. The Kier molecular flexibility index (Phi) is 5.19. The summed E-state index contributed by atoms with van der Waals surface area (Å²) in [6, 6.07) is 4.09. The van der Waals surface area contributed by atoms with Gasteiger partial charge in [-0.05, 0) is 13.0 Å². The molecular weight excluding hydrogens is 351 g/mol. The van der Waals surface area contributed by atoms with Crippen molar-refractivity contribution in [3.8, 4) is 0 Å². The van der Waals surface area contributed by atoms with Crippen LogP contribution in [0.1, 0.15) is 18.9 Å². The van der Waals surface area contributed by atoms with Crippen molar-refractivity contribution in [2.45, 2.75) is 37.0 Å². The van der Waals surface area contributed by atoms with E-state index < -0.39 is 46.2 Å². The van der Waals surface area contributed by atoms with E-state index >= 15 is 0 Å². The number of nitro groups is 1. The Hall–Kier alpha value is -1.91. The van der Waals surface area contributed by atoms with Crippen molar-refractivity contribution in [1.29, 1.82) is 0 Å². The van der Waals surface area contributed by atoms with Gasteiger partial charge in [-0.25, -0.2) is 4.39 Å². The molecule has 0 aliphatic rings. The number of hydrogen-bond donors (Lipinski definition) is 0. The highest BCUT2D eigenvalue weighted by Gasteiger charge is 2.74. The van der Waals surface area contributed by atoms with Gasteiger partial charge in [0, 0.05) is 19.6 Å². The number of para-hydroxylation sites is 1. The summed E-state index contributed by atoms with van der Waals surface area (Å²) in [6.45, 7) is 0.723. The van der Waals surface area contributed by atoms with Gasteiger partial charge < -0.3 is 4.74 Å². The highest BCUT2D eigenvalue weighted by Crippen LogP contribution is 2.53. The van der Waals surface area contributed by atoms with E-state index in [2.05, 4.69) is 4.74 Å². The van der Waals surface area contributed by atoms with Crippen LogP contribution in [0.2, 0.25) is 0 Å². The Morgan fingerprint density at radius 2 is 1.50 bits per heavy atom. The van der Waals surface area contributed by atoms with E-state index in [0.717, 1.165) is 38.3 Å². The molecule has 1 unspecified atom stereocenters. The van der Waals surface area contributed by atoms with Crippen LogP contribution in [0, 0.1) is 10.1 Å². The number of ether oxygens (including phenoxy) is 1. The lowest BCUT2D eigenvalue weighted by Gasteiger charge is -2.37. The molecule has 0 heterocycles. The Bertz CT molecular complexity index is 600. The van der Waals surface area contributed by atoms with Crippen LogP contribution in [0.5, 0.6) is 0 Å². The zero-order valence-electron chi connectivity index (χ0n) is 12.3. The maximum absolute atomic E-state index is 14.0. The zero-order chi connectivity index (χ0) is 19.0. The van der Waals surface area contributed by atoms with Gasteiger partial charge in [0.2, 0.25) is 0 Å². The predicted molar refractivity (Wildman–Crippen MR) is 68.0 cm³/mol. The number of hydrogen-bond acceptors (Lipinski definition) is 3. The molecule has 1 atom stereocenters. The Balaban J connectivity index is 3.52. The largest absolute Gasteiger partial charge is 0.431 e. The summed E-state index contributed by atoms with van der Waals surface area (Å²) in [5, 5.41) is 11.0. The maximum atomic E-state index is 14.0. The Morgan fingerprint density at radius 3 is 1.88 bits per heavy atom. The molecule has 0 saturated carbocycles. The monoisotopic (exact) mass is 363 g/mol. The maximum Gasteiger partial charge on any atom is 0.431 e. The Labute approximate surface area is 131 Å². The van der Waals surface area contributed by atoms with Crippen molar-refractivity contribution in [3.05, 3.63) is 39.9 Å². The van der Waals surface area contributed by atoms with Gasteiger partial charge in [0.1, 0.15) is 5.60 Å². The van der Waals surface area contributed by atoms with Crippen LogP contribution in [-0.4, -0.2) is 30.1 Å². The van der Waals surface area contributed by atoms with Crippen molar-refractivity contribution < 1.29 is 40.4 Å². The second kappa shape index (κ2) is 6.19. The number of rotatable bonds is 5. The first-order valence-electron chi connectivity index (χ1n) is 6.31. The van der Waals surface area contributed by atoms with E-state index in [0.29, 0.717) is 0 Å². The first-order chi connectivity index (χ1) is 10.7. The average Bonchev–Trinajstić information content (AvgIpc) is 2.44. The minimum atomic E-state index is -6.28. The van der Waals surface area contributed by atoms with Crippen LogP contribution in [0.4, 0.5) is 36.4 Å². The molecule has 0 aromatic heterocycles. The highest BCUT2D eigenvalue weighted by molar-refractivity contribution is 5.44. The molecule has 1 aromatic rings. The number of methoxy groups -OCH3 is 1. The fourth-order valence-electron chi connectivity index (χ4n) is 2.18. The van der Waals surface area contributed by atoms with Crippen molar-refractivity contribution in [2.75, 3.05) is 7.11 Å². The second-order valence-corrected chi connectivity index (χ2v) is 5.18. The van der Waals surface area contributed by atoms with Crippen molar-refractivity contribution in [2.24, 2.45) is 0 Å². The molecule has 24 heavy (non-hydrogen) atoms. The van der Waals surface area contributed by atoms with E-state index in [1.807, 2.05) is 0 Å². The first-order valence-corrected chi connectivity index (χ1v) is 6.31. The van der Waals surface area contributed by atoms with Crippen molar-refractivity contribution in [3.63, 3.8) is 0 Å². The molecule has 0 amide bonds. The smallest absolute Gasteiger partial charge is 0.373 e. The minimum Gasteiger partial charge on any atom is -0.373 e. The van der Waals surface area contributed by atoms with E-state index in [1.165, 1.54) is 0 Å². The summed E-state index contributed by atoms with van der Waals surface area (Å²) < 4.78 is 95.2. The molecule has 0 saturated heterocycles. The topological polar surface area (TPSA) is 52.4 Å². The highest BCUT2D eigenvalue weighted by atomic mass is 19.4. The molecule has 11 heteroatoms. The van der Waals surface area contributed by atoms with Crippen LogP contribution in [0.15, 0.2) is 24.3 Å². The summed E-state index contributed by atoms with van der Waals surface area (Å²) in [6.07, 6.45) is -14.8. The average molecular weight is 363 g/mol. The van der Waals surface area contributed by atoms with Gasteiger partial charge >= 0.3 is 18.0 Å². The van der Waals surface area contributed by atoms with Gasteiger partial charge in [0.05, 0.1) is 10.5 Å². The van der Waals surface area contributed by atoms with Crippen LogP contribution in [0.3, 0.4) is 0 Å². The molecular formula is C13H12F7NO3. The summed E-state index contributed by atoms with van der Waals surface area (Å²) in [5.74, 6) is 0. The second-order valence-electron chi connectivity index (χ2n) is 5.18. The number of halogens is 7. The van der Waals surface area contributed by atoms with Crippen molar-refractivity contribution in [1.82, 2.24) is 0 Å². The van der Waals surface area contributed by atoms with E-state index in [-0.39, 0.29) is 0 Å².